The van der Waals surface area contributed by atoms with Crippen molar-refractivity contribution in [2.24, 2.45) is 5.92 Å². The van der Waals surface area contributed by atoms with Crippen LogP contribution in [-0.4, -0.2) is 67.9 Å². The van der Waals surface area contributed by atoms with Gasteiger partial charge in [-0.25, -0.2) is 4.79 Å². The number of amides is 3. The minimum atomic E-state index is -0.173. The number of carbonyl (C=O) groups is 2. The molecule has 0 spiro atoms. The molecule has 9 heteroatoms. The van der Waals surface area contributed by atoms with Crippen LogP contribution in [0.25, 0.3) is 0 Å². The number of urea groups is 1. The molecular formula is C27H34N4O5. The van der Waals surface area contributed by atoms with Crippen LogP contribution < -0.4 is 24.8 Å². The number of benzene rings is 2. The molecule has 0 radical (unpaired) electrons. The number of piperazine rings is 1. The van der Waals surface area contributed by atoms with Gasteiger partial charge in [0.15, 0.2) is 11.5 Å². The van der Waals surface area contributed by atoms with Crippen molar-refractivity contribution in [3.05, 3.63) is 48.0 Å². The summed E-state index contributed by atoms with van der Waals surface area (Å²) in [5, 5.41) is 6.12. The summed E-state index contributed by atoms with van der Waals surface area (Å²) in [6.45, 7) is 3.20. The van der Waals surface area contributed by atoms with Gasteiger partial charge in [0.25, 0.3) is 0 Å². The molecule has 1 aliphatic carbocycles. The molecule has 2 aromatic rings. The second kappa shape index (κ2) is 11.1. The summed E-state index contributed by atoms with van der Waals surface area (Å²) in [6.07, 6.45) is 4.47. The number of rotatable bonds is 7. The fourth-order valence-electron chi connectivity index (χ4n) is 5.38. The van der Waals surface area contributed by atoms with Crippen LogP contribution in [0.2, 0.25) is 0 Å². The van der Waals surface area contributed by atoms with E-state index in [1.165, 1.54) is 12.8 Å². The smallest absolute Gasteiger partial charge is 0.321 e. The maximum atomic E-state index is 13.4. The van der Waals surface area contributed by atoms with Crippen molar-refractivity contribution in [2.75, 3.05) is 45.4 Å². The number of methoxy groups -OCH3 is 1. The van der Waals surface area contributed by atoms with Crippen LogP contribution >= 0.6 is 0 Å². The van der Waals surface area contributed by atoms with Gasteiger partial charge in [-0.15, -0.1) is 0 Å². The van der Waals surface area contributed by atoms with Crippen molar-refractivity contribution in [1.82, 2.24) is 15.1 Å². The SMILES string of the molecule is COc1ccc(NC(=O)N2CCN([C@H](C(=O)NCc3ccc4c(c3)OCO4)C3CCCC3)CC2)cc1. The van der Waals surface area contributed by atoms with E-state index in [0.717, 1.165) is 41.3 Å². The second-order valence-corrected chi connectivity index (χ2v) is 9.58. The second-order valence-electron chi connectivity index (χ2n) is 9.58. The number of hydrogen-bond acceptors (Lipinski definition) is 6. The Labute approximate surface area is 211 Å². The van der Waals surface area contributed by atoms with Crippen molar-refractivity contribution in [1.29, 1.82) is 0 Å². The summed E-state index contributed by atoms with van der Waals surface area (Å²) in [7, 11) is 1.61. The molecule has 3 aliphatic rings. The summed E-state index contributed by atoms with van der Waals surface area (Å²) in [5.41, 5.74) is 1.72. The summed E-state index contributed by atoms with van der Waals surface area (Å²) in [4.78, 5) is 30.3. The van der Waals surface area contributed by atoms with Crippen molar-refractivity contribution < 1.29 is 23.8 Å². The molecule has 36 heavy (non-hydrogen) atoms. The van der Waals surface area contributed by atoms with Crippen LogP contribution in [-0.2, 0) is 11.3 Å². The molecule has 2 heterocycles. The van der Waals surface area contributed by atoms with E-state index in [1.54, 1.807) is 7.11 Å². The number of carbonyl (C=O) groups excluding carboxylic acids is 2. The Hall–Kier alpha value is -3.46. The van der Waals surface area contributed by atoms with Crippen molar-refractivity contribution in [3.8, 4) is 17.2 Å². The Morgan fingerprint density at radius 3 is 2.44 bits per heavy atom. The molecule has 2 aliphatic heterocycles. The van der Waals surface area contributed by atoms with E-state index in [2.05, 4.69) is 15.5 Å². The van der Waals surface area contributed by atoms with Gasteiger partial charge >= 0.3 is 6.03 Å². The molecule has 1 saturated carbocycles. The molecule has 0 aromatic heterocycles. The summed E-state index contributed by atoms with van der Waals surface area (Å²) in [5.74, 6) is 2.62. The zero-order valence-corrected chi connectivity index (χ0v) is 20.7. The first-order valence-corrected chi connectivity index (χ1v) is 12.7. The van der Waals surface area contributed by atoms with E-state index in [0.29, 0.717) is 38.6 Å². The van der Waals surface area contributed by atoms with E-state index in [9.17, 15) is 9.59 Å². The van der Waals surface area contributed by atoms with Crippen molar-refractivity contribution in [3.63, 3.8) is 0 Å². The molecule has 1 saturated heterocycles. The van der Waals surface area contributed by atoms with Crippen LogP contribution in [0.1, 0.15) is 31.2 Å². The monoisotopic (exact) mass is 494 g/mol. The molecule has 2 aromatic carbocycles. The van der Waals surface area contributed by atoms with E-state index in [1.807, 2.05) is 47.4 Å². The fourth-order valence-corrected chi connectivity index (χ4v) is 5.38. The quantitative estimate of drug-likeness (QED) is 0.613. The lowest BCUT2D eigenvalue weighted by Crippen LogP contribution is -2.58. The van der Waals surface area contributed by atoms with Crippen LogP contribution in [0.4, 0.5) is 10.5 Å². The average molecular weight is 495 g/mol. The number of ether oxygens (including phenoxy) is 3. The van der Waals surface area contributed by atoms with Gasteiger partial charge in [0.05, 0.1) is 13.2 Å². The molecule has 3 amide bonds. The zero-order chi connectivity index (χ0) is 24.9. The Morgan fingerprint density at radius 2 is 1.72 bits per heavy atom. The lowest BCUT2D eigenvalue weighted by atomic mass is 9.95. The third-order valence-corrected chi connectivity index (χ3v) is 7.35. The number of anilines is 1. The van der Waals surface area contributed by atoms with E-state index < -0.39 is 0 Å². The first-order valence-electron chi connectivity index (χ1n) is 12.7. The zero-order valence-electron chi connectivity index (χ0n) is 20.7. The van der Waals surface area contributed by atoms with Gasteiger partial charge in [-0.05, 0) is 60.7 Å². The Morgan fingerprint density at radius 1 is 1.00 bits per heavy atom. The van der Waals surface area contributed by atoms with Gasteiger partial charge in [-0.1, -0.05) is 18.9 Å². The Balaban J connectivity index is 1.17. The normalized spacial score (nSPS) is 18.6. The van der Waals surface area contributed by atoms with Gasteiger partial charge in [0.1, 0.15) is 5.75 Å². The first kappa shape index (κ1) is 24.2. The Kier molecular flexibility index (Phi) is 7.46. The van der Waals surface area contributed by atoms with Crippen LogP contribution in [0.3, 0.4) is 0 Å². The Bertz CT molecular complexity index is 1060. The van der Waals surface area contributed by atoms with E-state index >= 15 is 0 Å². The predicted octanol–water partition coefficient (Wildman–Crippen LogP) is 3.45. The number of nitrogens with one attached hydrogen (secondary N) is 2. The van der Waals surface area contributed by atoms with Gasteiger partial charge in [-0.2, -0.15) is 0 Å². The molecule has 9 nitrogen and oxygen atoms in total. The molecular weight excluding hydrogens is 460 g/mol. The number of hydrogen-bond donors (Lipinski definition) is 2. The maximum absolute atomic E-state index is 13.4. The first-order chi connectivity index (χ1) is 17.6. The standard InChI is InChI=1S/C27H34N4O5/c1-34-22-9-7-21(8-10-22)29-27(33)31-14-12-30(13-15-31)25(20-4-2-3-5-20)26(32)28-17-19-6-11-23-24(16-19)36-18-35-23/h6-11,16,20,25H,2-5,12-15,17-18H2,1H3,(H,28,32)(H,29,33)/t25-/m0/s1. The lowest BCUT2D eigenvalue weighted by molar-refractivity contribution is -0.129. The van der Waals surface area contributed by atoms with Crippen LogP contribution in [0.15, 0.2) is 42.5 Å². The minimum Gasteiger partial charge on any atom is -0.497 e. The topological polar surface area (TPSA) is 92.4 Å². The van der Waals surface area contributed by atoms with E-state index in [-0.39, 0.29) is 24.8 Å². The maximum Gasteiger partial charge on any atom is 0.321 e. The van der Waals surface area contributed by atoms with Gasteiger partial charge in [-0.3, -0.25) is 9.69 Å². The van der Waals surface area contributed by atoms with E-state index in [4.69, 9.17) is 14.2 Å². The van der Waals surface area contributed by atoms with Crippen LogP contribution in [0.5, 0.6) is 17.2 Å². The molecule has 0 unspecified atom stereocenters. The third-order valence-electron chi connectivity index (χ3n) is 7.35. The van der Waals surface area contributed by atoms with Gasteiger partial charge in [0.2, 0.25) is 12.7 Å². The van der Waals surface area contributed by atoms with Crippen molar-refractivity contribution >= 4 is 17.6 Å². The number of nitrogens with zero attached hydrogens (tertiary/aromatic N) is 2. The highest BCUT2D eigenvalue weighted by Gasteiger charge is 2.37. The lowest BCUT2D eigenvalue weighted by Gasteiger charge is -2.40. The predicted molar refractivity (Wildman–Crippen MR) is 135 cm³/mol. The molecule has 192 valence electrons. The summed E-state index contributed by atoms with van der Waals surface area (Å²) < 4.78 is 16.0. The third kappa shape index (κ3) is 5.51. The highest BCUT2D eigenvalue weighted by atomic mass is 16.7. The molecule has 5 rings (SSSR count). The minimum absolute atomic E-state index is 0.0655. The largest absolute Gasteiger partial charge is 0.497 e. The van der Waals surface area contributed by atoms with Crippen molar-refractivity contribution in [2.45, 2.75) is 38.3 Å². The molecule has 2 fully saturated rings. The molecule has 2 N–H and O–H groups in total. The summed E-state index contributed by atoms with van der Waals surface area (Å²) in [6, 6.07) is 12.8. The van der Waals surface area contributed by atoms with Gasteiger partial charge in [0, 0.05) is 38.4 Å². The summed E-state index contributed by atoms with van der Waals surface area (Å²) >= 11 is 0. The fraction of sp³-hybridized carbons (Fsp3) is 0.481. The molecule has 0 bridgehead atoms. The average Bonchev–Trinajstić information content (AvgIpc) is 3.61. The highest BCUT2D eigenvalue weighted by Crippen LogP contribution is 2.33. The molecule has 1 atom stereocenters. The highest BCUT2D eigenvalue weighted by molar-refractivity contribution is 5.89. The van der Waals surface area contributed by atoms with Crippen LogP contribution in [0, 0.1) is 5.92 Å². The van der Waals surface area contributed by atoms with Gasteiger partial charge < -0.3 is 29.7 Å². The number of fused-ring (bicyclic) bond motifs is 1.